The van der Waals surface area contributed by atoms with Gasteiger partial charge in [-0.2, -0.15) is 0 Å². The van der Waals surface area contributed by atoms with Crippen molar-refractivity contribution in [1.29, 1.82) is 0 Å². The Morgan fingerprint density at radius 1 is 1.04 bits per heavy atom. The summed E-state index contributed by atoms with van der Waals surface area (Å²) >= 11 is 0. The average Bonchev–Trinajstić information content (AvgIpc) is 2.55. The van der Waals surface area contributed by atoms with Crippen molar-refractivity contribution in [2.75, 3.05) is 0 Å². The van der Waals surface area contributed by atoms with Gasteiger partial charge in [-0.05, 0) is 26.2 Å². The van der Waals surface area contributed by atoms with Crippen molar-refractivity contribution in [1.82, 2.24) is 0 Å². The highest BCUT2D eigenvalue weighted by atomic mass is 16.4. The second kappa shape index (κ2) is 13.3. The number of carbonyl (C=O) groups is 1. The van der Waals surface area contributed by atoms with Crippen LogP contribution in [0.15, 0.2) is 12.2 Å². The molecule has 5 heteroatoms. The maximum Gasteiger partial charge on any atom is 0.306 e. The molecule has 0 fully saturated rings. The van der Waals surface area contributed by atoms with Crippen LogP contribution in [-0.2, 0) is 4.79 Å². The number of aliphatic hydroxyl groups excluding tert-OH is 2. The number of aliphatic carboxylic acids is 1. The third-order valence-electron chi connectivity index (χ3n) is 4.64. The van der Waals surface area contributed by atoms with Gasteiger partial charge in [0.15, 0.2) is 0 Å². The Hall–Kier alpha value is -0.910. The summed E-state index contributed by atoms with van der Waals surface area (Å²) in [5.41, 5.74) is -1.00. The third-order valence-corrected chi connectivity index (χ3v) is 4.64. The zero-order valence-corrected chi connectivity index (χ0v) is 16.2. The van der Waals surface area contributed by atoms with Crippen LogP contribution >= 0.6 is 0 Å². The van der Waals surface area contributed by atoms with E-state index in [9.17, 15) is 20.1 Å². The molecule has 0 aromatic heterocycles. The van der Waals surface area contributed by atoms with E-state index in [0.29, 0.717) is 19.3 Å². The Bertz CT molecular complexity index is 378. The molecule has 0 rings (SSSR count). The van der Waals surface area contributed by atoms with Gasteiger partial charge in [0.2, 0.25) is 0 Å². The van der Waals surface area contributed by atoms with Crippen LogP contribution in [0.1, 0.15) is 85.0 Å². The first-order valence-corrected chi connectivity index (χ1v) is 9.70. The van der Waals surface area contributed by atoms with Crippen LogP contribution in [-0.4, -0.2) is 44.2 Å². The lowest BCUT2D eigenvalue weighted by molar-refractivity contribution is -0.141. The van der Waals surface area contributed by atoms with Gasteiger partial charge in [-0.3, -0.25) is 4.79 Å². The SMILES string of the molecule is CCCCCC(O)C(O)/C=C/C(C)(O)CCCCCCC(C)C(=O)O. The molecular formula is C20H38O5. The summed E-state index contributed by atoms with van der Waals surface area (Å²) in [6.45, 7) is 5.51. The highest BCUT2D eigenvalue weighted by Gasteiger charge is 2.18. The third kappa shape index (κ3) is 13.0. The fourth-order valence-electron chi connectivity index (χ4n) is 2.70. The van der Waals surface area contributed by atoms with Gasteiger partial charge in [0.1, 0.15) is 0 Å². The molecule has 0 aliphatic rings. The molecule has 5 nitrogen and oxygen atoms in total. The van der Waals surface area contributed by atoms with Crippen LogP contribution < -0.4 is 0 Å². The van der Waals surface area contributed by atoms with E-state index in [1.165, 1.54) is 6.08 Å². The van der Waals surface area contributed by atoms with Crippen molar-refractivity contribution in [2.45, 2.75) is 103 Å². The van der Waals surface area contributed by atoms with Gasteiger partial charge in [0.05, 0.1) is 23.7 Å². The molecule has 0 aromatic rings. The first kappa shape index (κ1) is 24.1. The lowest BCUT2D eigenvalue weighted by Crippen LogP contribution is -2.26. The van der Waals surface area contributed by atoms with Crippen LogP contribution in [0.4, 0.5) is 0 Å². The minimum absolute atomic E-state index is 0.295. The van der Waals surface area contributed by atoms with Gasteiger partial charge in [-0.1, -0.05) is 70.9 Å². The van der Waals surface area contributed by atoms with Crippen LogP contribution in [0, 0.1) is 5.92 Å². The summed E-state index contributed by atoms with van der Waals surface area (Å²) in [6, 6.07) is 0. The number of rotatable bonds is 15. The number of hydrogen-bond acceptors (Lipinski definition) is 4. The highest BCUT2D eigenvalue weighted by Crippen LogP contribution is 2.19. The van der Waals surface area contributed by atoms with Crippen molar-refractivity contribution < 1.29 is 25.2 Å². The molecule has 0 saturated carbocycles. The molecule has 0 spiro atoms. The molecule has 0 aliphatic heterocycles. The van der Waals surface area contributed by atoms with Gasteiger partial charge >= 0.3 is 5.97 Å². The molecular weight excluding hydrogens is 320 g/mol. The molecule has 0 amide bonds. The molecule has 0 aliphatic carbocycles. The Morgan fingerprint density at radius 2 is 1.64 bits per heavy atom. The van der Waals surface area contributed by atoms with Crippen LogP contribution in [0.5, 0.6) is 0 Å². The smallest absolute Gasteiger partial charge is 0.306 e. The van der Waals surface area contributed by atoms with E-state index in [1.54, 1.807) is 19.9 Å². The molecule has 148 valence electrons. The molecule has 4 unspecified atom stereocenters. The maximum atomic E-state index is 10.7. The van der Waals surface area contributed by atoms with Crippen molar-refractivity contribution >= 4 is 5.97 Å². The standard InChI is InChI=1S/C20H38O5/c1-4-5-8-12-17(21)18(22)13-15-20(3,25)14-10-7-6-9-11-16(2)19(23)24/h13,15-18,21-22,25H,4-12,14H2,1-3H3,(H,23,24)/b15-13+. The lowest BCUT2D eigenvalue weighted by Gasteiger charge is -2.21. The van der Waals surface area contributed by atoms with E-state index >= 15 is 0 Å². The number of unbranched alkanes of at least 4 members (excludes halogenated alkanes) is 5. The zero-order chi connectivity index (χ0) is 19.3. The molecule has 0 heterocycles. The second-order valence-electron chi connectivity index (χ2n) is 7.46. The van der Waals surface area contributed by atoms with Crippen LogP contribution in [0.2, 0.25) is 0 Å². The summed E-state index contributed by atoms with van der Waals surface area (Å²) < 4.78 is 0. The molecule has 0 radical (unpaired) electrons. The van der Waals surface area contributed by atoms with Gasteiger partial charge in [-0.15, -0.1) is 0 Å². The minimum Gasteiger partial charge on any atom is -0.481 e. The quantitative estimate of drug-likeness (QED) is 0.264. The number of hydrogen-bond donors (Lipinski definition) is 4. The number of aliphatic hydroxyl groups is 3. The van der Waals surface area contributed by atoms with E-state index in [4.69, 9.17) is 5.11 Å². The summed E-state index contributed by atoms with van der Waals surface area (Å²) in [5, 5.41) is 38.9. The molecule has 25 heavy (non-hydrogen) atoms. The van der Waals surface area contributed by atoms with Crippen molar-refractivity contribution in [3.05, 3.63) is 12.2 Å². The van der Waals surface area contributed by atoms with E-state index < -0.39 is 23.8 Å². The molecule has 0 aromatic carbocycles. The van der Waals surface area contributed by atoms with Crippen molar-refractivity contribution in [3.63, 3.8) is 0 Å². The van der Waals surface area contributed by atoms with Gasteiger partial charge < -0.3 is 20.4 Å². The summed E-state index contributed by atoms with van der Waals surface area (Å²) in [5.74, 6) is -1.04. The van der Waals surface area contributed by atoms with Gasteiger partial charge in [-0.25, -0.2) is 0 Å². The Kier molecular flexibility index (Phi) is 12.8. The monoisotopic (exact) mass is 358 g/mol. The van der Waals surface area contributed by atoms with E-state index in [0.717, 1.165) is 44.9 Å². The topological polar surface area (TPSA) is 98.0 Å². The van der Waals surface area contributed by atoms with E-state index in [1.807, 2.05) is 0 Å². The zero-order valence-electron chi connectivity index (χ0n) is 16.2. The Labute approximate surface area is 152 Å². The largest absolute Gasteiger partial charge is 0.481 e. The Morgan fingerprint density at radius 3 is 2.24 bits per heavy atom. The molecule has 0 bridgehead atoms. The summed E-state index contributed by atoms with van der Waals surface area (Å²) in [6.07, 6.45) is 9.80. The predicted molar refractivity (Wildman–Crippen MR) is 100 cm³/mol. The van der Waals surface area contributed by atoms with E-state index in [-0.39, 0.29) is 5.92 Å². The van der Waals surface area contributed by atoms with Crippen molar-refractivity contribution in [3.8, 4) is 0 Å². The normalized spacial score (nSPS) is 18.0. The van der Waals surface area contributed by atoms with Crippen LogP contribution in [0.25, 0.3) is 0 Å². The fourth-order valence-corrected chi connectivity index (χ4v) is 2.70. The first-order chi connectivity index (χ1) is 11.7. The van der Waals surface area contributed by atoms with E-state index in [2.05, 4.69) is 6.92 Å². The molecule has 0 saturated heterocycles. The fraction of sp³-hybridized carbons (Fsp3) is 0.850. The second-order valence-corrected chi connectivity index (χ2v) is 7.46. The van der Waals surface area contributed by atoms with Crippen molar-refractivity contribution in [2.24, 2.45) is 5.92 Å². The summed E-state index contributed by atoms with van der Waals surface area (Å²) in [7, 11) is 0. The molecule has 4 atom stereocenters. The minimum atomic E-state index is -1.00. The average molecular weight is 359 g/mol. The predicted octanol–water partition coefficient (Wildman–Crippen LogP) is 3.66. The highest BCUT2D eigenvalue weighted by molar-refractivity contribution is 5.69. The number of carboxylic acid groups (broad SMARTS) is 1. The maximum absolute atomic E-state index is 10.7. The Balaban J connectivity index is 3.96. The first-order valence-electron chi connectivity index (χ1n) is 9.70. The number of carboxylic acids is 1. The van der Waals surface area contributed by atoms with Gasteiger partial charge in [0.25, 0.3) is 0 Å². The van der Waals surface area contributed by atoms with Gasteiger partial charge in [0, 0.05) is 0 Å². The lowest BCUT2D eigenvalue weighted by atomic mass is 9.95. The molecule has 4 N–H and O–H groups in total. The van der Waals surface area contributed by atoms with Crippen LogP contribution in [0.3, 0.4) is 0 Å². The summed E-state index contributed by atoms with van der Waals surface area (Å²) in [4.78, 5) is 10.7.